The molecule has 2 aromatic rings. The highest BCUT2D eigenvalue weighted by Crippen LogP contribution is 2.35. The number of rotatable bonds is 6. The average molecular weight is 434 g/mol. The minimum Gasteiger partial charge on any atom is -0.366 e. The number of anilines is 1. The minimum atomic E-state index is -0.455. The lowest BCUT2D eigenvalue weighted by molar-refractivity contribution is -0.132. The van der Waals surface area contributed by atoms with E-state index in [-0.39, 0.29) is 11.8 Å². The van der Waals surface area contributed by atoms with Gasteiger partial charge in [0, 0.05) is 56.8 Å². The molecule has 4 rings (SSSR count). The number of carbonyl (C=O) groups excluding carboxylic acids is 2. The normalized spacial score (nSPS) is 18.7. The van der Waals surface area contributed by atoms with Gasteiger partial charge in [0.25, 0.3) is 0 Å². The molecule has 1 atom stereocenters. The third-order valence-corrected chi connectivity index (χ3v) is 6.45. The van der Waals surface area contributed by atoms with Crippen molar-refractivity contribution in [2.75, 3.05) is 32.1 Å². The molecule has 7 heteroatoms. The van der Waals surface area contributed by atoms with Gasteiger partial charge < -0.3 is 15.5 Å². The molecule has 1 aromatic heterocycles. The van der Waals surface area contributed by atoms with Gasteiger partial charge in [0.1, 0.15) is 0 Å². The quantitative estimate of drug-likeness (QED) is 0.705. The third-order valence-electron chi connectivity index (χ3n) is 6.45. The SMILES string of the molecule is CN(C)c1ncc(-c2cccc(C(N)=O)c2)c(C2CCN(C(=O)CC3C=CCC3)CC2)n1. The van der Waals surface area contributed by atoms with Gasteiger partial charge in [-0.05, 0) is 49.3 Å². The predicted octanol–water partition coefficient (Wildman–Crippen LogP) is 3.37. The van der Waals surface area contributed by atoms with Crippen molar-refractivity contribution in [2.24, 2.45) is 11.7 Å². The van der Waals surface area contributed by atoms with E-state index in [0.29, 0.717) is 23.9 Å². The van der Waals surface area contributed by atoms with Gasteiger partial charge in [-0.2, -0.15) is 0 Å². The van der Waals surface area contributed by atoms with Crippen LogP contribution >= 0.6 is 0 Å². The van der Waals surface area contributed by atoms with Crippen LogP contribution in [0, 0.1) is 5.92 Å². The Hall–Kier alpha value is -3.22. The molecule has 168 valence electrons. The van der Waals surface area contributed by atoms with E-state index in [1.54, 1.807) is 12.1 Å². The van der Waals surface area contributed by atoms with Gasteiger partial charge in [-0.25, -0.2) is 9.97 Å². The van der Waals surface area contributed by atoms with Crippen molar-refractivity contribution in [3.63, 3.8) is 0 Å². The number of primary amides is 1. The summed E-state index contributed by atoms with van der Waals surface area (Å²) in [4.78, 5) is 37.7. The van der Waals surface area contributed by atoms with Crippen LogP contribution in [0.2, 0.25) is 0 Å². The topological polar surface area (TPSA) is 92.4 Å². The fraction of sp³-hybridized carbons (Fsp3) is 0.440. The molecule has 1 aliphatic carbocycles. The number of benzene rings is 1. The highest BCUT2D eigenvalue weighted by atomic mass is 16.2. The van der Waals surface area contributed by atoms with E-state index in [1.165, 1.54) is 0 Å². The molecule has 1 fully saturated rings. The van der Waals surface area contributed by atoms with Crippen LogP contribution in [0.4, 0.5) is 5.95 Å². The maximum absolute atomic E-state index is 12.7. The van der Waals surface area contributed by atoms with Crippen molar-refractivity contribution in [1.82, 2.24) is 14.9 Å². The highest BCUT2D eigenvalue weighted by molar-refractivity contribution is 5.94. The summed E-state index contributed by atoms with van der Waals surface area (Å²) in [5, 5.41) is 0. The van der Waals surface area contributed by atoms with Crippen LogP contribution in [0.15, 0.2) is 42.6 Å². The van der Waals surface area contributed by atoms with Crippen molar-refractivity contribution in [2.45, 2.75) is 38.0 Å². The van der Waals surface area contributed by atoms with Crippen LogP contribution in [0.5, 0.6) is 0 Å². The summed E-state index contributed by atoms with van der Waals surface area (Å²) in [6.45, 7) is 1.48. The van der Waals surface area contributed by atoms with E-state index in [0.717, 1.165) is 55.6 Å². The van der Waals surface area contributed by atoms with Gasteiger partial charge in [0.15, 0.2) is 0 Å². The first-order valence-electron chi connectivity index (χ1n) is 11.3. The first kappa shape index (κ1) is 22.0. The molecule has 2 amide bonds. The summed E-state index contributed by atoms with van der Waals surface area (Å²) in [6.07, 6.45) is 10.7. The van der Waals surface area contributed by atoms with E-state index < -0.39 is 5.91 Å². The zero-order valence-electron chi connectivity index (χ0n) is 18.8. The summed E-state index contributed by atoms with van der Waals surface area (Å²) in [6, 6.07) is 7.30. The first-order valence-corrected chi connectivity index (χ1v) is 11.3. The summed E-state index contributed by atoms with van der Waals surface area (Å²) in [5.74, 6) is 1.07. The van der Waals surface area contributed by atoms with Crippen LogP contribution in [0.25, 0.3) is 11.1 Å². The van der Waals surface area contributed by atoms with Crippen molar-refractivity contribution in [3.05, 3.63) is 53.9 Å². The molecule has 1 aromatic carbocycles. The standard InChI is InChI=1S/C25H31N5O2/c1-29(2)25-27-16-21(19-8-5-9-20(15-19)24(26)32)23(28-25)18-10-12-30(13-11-18)22(31)14-17-6-3-4-7-17/h3,5-6,8-9,15-18H,4,7,10-14H2,1-2H3,(H2,26,32). The van der Waals surface area contributed by atoms with Crippen LogP contribution in [0.3, 0.4) is 0 Å². The second-order valence-electron chi connectivity index (χ2n) is 8.93. The lowest BCUT2D eigenvalue weighted by atomic mass is 9.88. The van der Waals surface area contributed by atoms with E-state index in [1.807, 2.05) is 42.2 Å². The number of hydrogen-bond donors (Lipinski definition) is 1. The van der Waals surface area contributed by atoms with Gasteiger partial charge in [0.2, 0.25) is 17.8 Å². The largest absolute Gasteiger partial charge is 0.366 e. The van der Waals surface area contributed by atoms with Crippen LogP contribution in [-0.4, -0.2) is 53.9 Å². The summed E-state index contributed by atoms with van der Waals surface area (Å²) < 4.78 is 0. The molecule has 2 heterocycles. The van der Waals surface area contributed by atoms with Crippen LogP contribution in [0.1, 0.15) is 54.1 Å². The third kappa shape index (κ3) is 4.82. The monoisotopic (exact) mass is 433 g/mol. The Labute approximate surface area is 189 Å². The fourth-order valence-corrected chi connectivity index (χ4v) is 4.60. The molecule has 1 saturated heterocycles. The first-order chi connectivity index (χ1) is 15.4. The number of nitrogens with zero attached hydrogens (tertiary/aromatic N) is 4. The Balaban J connectivity index is 1.55. The Morgan fingerprint density at radius 1 is 1.19 bits per heavy atom. The van der Waals surface area contributed by atoms with Crippen molar-refractivity contribution in [1.29, 1.82) is 0 Å². The zero-order valence-corrected chi connectivity index (χ0v) is 18.8. The van der Waals surface area contributed by atoms with E-state index in [4.69, 9.17) is 10.7 Å². The molecule has 2 N–H and O–H groups in total. The predicted molar refractivity (Wildman–Crippen MR) is 125 cm³/mol. The molecule has 0 radical (unpaired) electrons. The molecule has 1 aliphatic heterocycles. The molecule has 32 heavy (non-hydrogen) atoms. The van der Waals surface area contributed by atoms with E-state index in [2.05, 4.69) is 17.1 Å². The zero-order chi connectivity index (χ0) is 22.7. The molecule has 0 saturated carbocycles. The van der Waals surface area contributed by atoms with Crippen molar-refractivity contribution < 1.29 is 9.59 Å². The molecule has 1 unspecified atom stereocenters. The smallest absolute Gasteiger partial charge is 0.248 e. The number of aromatic nitrogens is 2. The maximum Gasteiger partial charge on any atom is 0.248 e. The Kier molecular flexibility index (Phi) is 6.53. The number of allylic oxidation sites excluding steroid dienone is 2. The van der Waals surface area contributed by atoms with E-state index >= 15 is 0 Å². The van der Waals surface area contributed by atoms with Crippen LogP contribution < -0.4 is 10.6 Å². The fourth-order valence-electron chi connectivity index (χ4n) is 4.60. The van der Waals surface area contributed by atoms with Gasteiger partial charge >= 0.3 is 0 Å². The summed E-state index contributed by atoms with van der Waals surface area (Å²) in [5.41, 5.74) is 8.72. The molecular weight excluding hydrogens is 402 g/mol. The number of carbonyl (C=O) groups is 2. The summed E-state index contributed by atoms with van der Waals surface area (Å²) >= 11 is 0. The number of piperidine rings is 1. The van der Waals surface area contributed by atoms with E-state index in [9.17, 15) is 9.59 Å². The van der Waals surface area contributed by atoms with Gasteiger partial charge in [0.05, 0.1) is 5.69 Å². The Morgan fingerprint density at radius 3 is 2.62 bits per heavy atom. The highest BCUT2D eigenvalue weighted by Gasteiger charge is 2.28. The Morgan fingerprint density at radius 2 is 1.97 bits per heavy atom. The minimum absolute atomic E-state index is 0.222. The molecular formula is C25H31N5O2. The molecule has 0 bridgehead atoms. The van der Waals surface area contributed by atoms with Crippen LogP contribution in [-0.2, 0) is 4.79 Å². The number of likely N-dealkylation sites (tertiary alicyclic amines) is 1. The summed E-state index contributed by atoms with van der Waals surface area (Å²) in [7, 11) is 3.84. The molecule has 0 spiro atoms. The second-order valence-corrected chi connectivity index (χ2v) is 8.93. The number of nitrogens with two attached hydrogens (primary N) is 1. The van der Waals surface area contributed by atoms with Gasteiger partial charge in [-0.3, -0.25) is 9.59 Å². The van der Waals surface area contributed by atoms with Gasteiger partial charge in [-0.15, -0.1) is 0 Å². The average Bonchev–Trinajstić information content (AvgIpc) is 3.32. The molecule has 2 aliphatic rings. The van der Waals surface area contributed by atoms with Crippen molar-refractivity contribution >= 4 is 17.8 Å². The number of amides is 2. The lowest BCUT2D eigenvalue weighted by Crippen LogP contribution is -2.38. The lowest BCUT2D eigenvalue weighted by Gasteiger charge is -2.33. The second kappa shape index (κ2) is 9.51. The van der Waals surface area contributed by atoms with Crippen molar-refractivity contribution in [3.8, 4) is 11.1 Å². The maximum atomic E-state index is 12.7. The number of hydrogen-bond acceptors (Lipinski definition) is 5. The van der Waals surface area contributed by atoms with Gasteiger partial charge in [-0.1, -0.05) is 24.3 Å². The Bertz CT molecular complexity index is 1020. The molecule has 7 nitrogen and oxygen atoms in total.